The van der Waals surface area contributed by atoms with E-state index in [1.807, 2.05) is 19.9 Å². The van der Waals surface area contributed by atoms with Crippen LogP contribution in [0.25, 0.3) is 0 Å². The molecule has 0 N–H and O–H groups in total. The normalized spacial score (nSPS) is 27.6. The lowest BCUT2D eigenvalue weighted by Gasteiger charge is -2.38. The van der Waals surface area contributed by atoms with Crippen LogP contribution in [0.15, 0.2) is 30.2 Å². The minimum Gasteiger partial charge on any atom is -0.354 e. The van der Waals surface area contributed by atoms with E-state index >= 15 is 0 Å². The molecule has 1 fully saturated rings. The molecule has 1 aliphatic carbocycles. The zero-order chi connectivity index (χ0) is 15.1. The lowest BCUT2D eigenvalue weighted by molar-refractivity contribution is -0.125. The van der Waals surface area contributed by atoms with E-state index in [0.29, 0.717) is 5.57 Å². The predicted octanol–water partition coefficient (Wildman–Crippen LogP) is 2.12. The zero-order valence-corrected chi connectivity index (χ0v) is 12.3. The van der Waals surface area contributed by atoms with E-state index in [1.165, 1.54) is 0 Å². The Labute approximate surface area is 124 Å². The van der Waals surface area contributed by atoms with Crippen molar-refractivity contribution in [1.82, 2.24) is 9.97 Å². The number of rotatable bonds is 1. The van der Waals surface area contributed by atoms with E-state index in [1.54, 1.807) is 18.6 Å². The lowest BCUT2D eigenvalue weighted by Crippen LogP contribution is -2.40. The van der Waals surface area contributed by atoms with Gasteiger partial charge in [0.1, 0.15) is 11.9 Å². The Bertz CT molecular complexity index is 644. The van der Waals surface area contributed by atoms with Gasteiger partial charge in [0.25, 0.3) is 0 Å². The summed E-state index contributed by atoms with van der Waals surface area (Å²) in [6.07, 6.45) is 8.72. The summed E-state index contributed by atoms with van der Waals surface area (Å²) in [5.74, 6) is 0.824. The molecule has 2 heterocycles. The number of nitrogens with zero attached hydrogens (tertiary/aromatic N) is 4. The molecule has 5 nitrogen and oxygen atoms in total. The first-order valence-corrected chi connectivity index (χ1v) is 7.15. The van der Waals surface area contributed by atoms with Crippen LogP contribution in [0.1, 0.15) is 26.7 Å². The molecule has 5 heteroatoms. The Balaban J connectivity index is 1.92. The highest BCUT2D eigenvalue weighted by molar-refractivity contribution is 6.03. The quantitative estimate of drug-likeness (QED) is 0.789. The molecule has 1 aromatic heterocycles. The second kappa shape index (κ2) is 4.66. The maximum absolute atomic E-state index is 12.2. The van der Waals surface area contributed by atoms with Crippen molar-refractivity contribution in [3.8, 4) is 6.07 Å². The van der Waals surface area contributed by atoms with E-state index in [2.05, 4.69) is 20.9 Å². The fourth-order valence-electron chi connectivity index (χ4n) is 3.64. The van der Waals surface area contributed by atoms with Crippen LogP contribution in [0.3, 0.4) is 0 Å². The van der Waals surface area contributed by atoms with Crippen molar-refractivity contribution in [2.24, 2.45) is 10.8 Å². The number of nitriles is 1. The Morgan fingerprint density at radius 2 is 2.19 bits per heavy atom. The highest BCUT2D eigenvalue weighted by atomic mass is 16.1. The average Bonchev–Trinajstić information content (AvgIpc) is 2.87. The van der Waals surface area contributed by atoms with Gasteiger partial charge in [-0.05, 0) is 12.8 Å². The van der Waals surface area contributed by atoms with Crippen molar-refractivity contribution < 1.29 is 4.79 Å². The van der Waals surface area contributed by atoms with Crippen LogP contribution < -0.4 is 4.90 Å². The van der Waals surface area contributed by atoms with Gasteiger partial charge in [-0.3, -0.25) is 9.78 Å². The molecule has 21 heavy (non-hydrogen) atoms. The Hall–Kier alpha value is -2.22. The van der Waals surface area contributed by atoms with E-state index < -0.39 is 5.41 Å². The van der Waals surface area contributed by atoms with Crippen molar-refractivity contribution in [3.63, 3.8) is 0 Å². The summed E-state index contributed by atoms with van der Waals surface area (Å²) in [5, 5.41) is 9.25. The molecule has 0 radical (unpaired) electrons. The van der Waals surface area contributed by atoms with E-state index in [-0.39, 0.29) is 11.2 Å². The van der Waals surface area contributed by atoms with Crippen molar-refractivity contribution in [3.05, 3.63) is 30.2 Å². The number of Topliss-reactive ketones (excluding diaryl/α,β-unsaturated/α-hetero) is 1. The number of hydrogen-bond acceptors (Lipinski definition) is 5. The highest BCUT2D eigenvalue weighted by Gasteiger charge is 2.48. The molecule has 1 aromatic rings. The molecular weight excluding hydrogens is 264 g/mol. The van der Waals surface area contributed by atoms with Gasteiger partial charge in [-0.15, -0.1) is 0 Å². The average molecular weight is 282 g/mol. The van der Waals surface area contributed by atoms with Crippen LogP contribution in [0.2, 0.25) is 0 Å². The van der Waals surface area contributed by atoms with Gasteiger partial charge in [-0.1, -0.05) is 19.9 Å². The largest absolute Gasteiger partial charge is 0.354 e. The van der Waals surface area contributed by atoms with Crippen LogP contribution in [0.4, 0.5) is 5.82 Å². The summed E-state index contributed by atoms with van der Waals surface area (Å²) in [4.78, 5) is 22.9. The third kappa shape index (κ3) is 2.31. The lowest BCUT2D eigenvalue weighted by atomic mass is 9.64. The van der Waals surface area contributed by atoms with Crippen molar-refractivity contribution >= 4 is 11.6 Å². The Kier molecular flexibility index (Phi) is 3.05. The fraction of sp³-hybridized carbons (Fsp3) is 0.500. The molecule has 3 rings (SSSR count). The summed E-state index contributed by atoms with van der Waals surface area (Å²) in [5.41, 5.74) is -0.273. The molecule has 1 aliphatic heterocycles. The van der Waals surface area contributed by atoms with Crippen LogP contribution in [-0.4, -0.2) is 28.8 Å². The van der Waals surface area contributed by atoms with Gasteiger partial charge in [-0.2, -0.15) is 5.26 Å². The van der Waals surface area contributed by atoms with Crippen LogP contribution >= 0.6 is 0 Å². The van der Waals surface area contributed by atoms with Gasteiger partial charge >= 0.3 is 0 Å². The topological polar surface area (TPSA) is 69.9 Å². The number of carbonyl (C=O) groups excluding carboxylic acids is 1. The molecule has 1 atom stereocenters. The van der Waals surface area contributed by atoms with Gasteiger partial charge in [0.2, 0.25) is 0 Å². The van der Waals surface area contributed by atoms with Gasteiger partial charge < -0.3 is 4.90 Å². The zero-order valence-electron chi connectivity index (χ0n) is 12.3. The Morgan fingerprint density at radius 3 is 2.86 bits per heavy atom. The third-order valence-electron chi connectivity index (χ3n) is 4.48. The molecule has 2 aliphatic rings. The van der Waals surface area contributed by atoms with Crippen LogP contribution in [0.5, 0.6) is 0 Å². The molecule has 0 aromatic carbocycles. The summed E-state index contributed by atoms with van der Waals surface area (Å²) >= 11 is 0. The van der Waals surface area contributed by atoms with E-state index in [9.17, 15) is 10.1 Å². The number of ketones is 1. The second-order valence-corrected chi connectivity index (χ2v) is 6.66. The molecule has 0 amide bonds. The number of aromatic nitrogens is 2. The van der Waals surface area contributed by atoms with Gasteiger partial charge in [0, 0.05) is 36.3 Å². The Morgan fingerprint density at radius 1 is 1.38 bits per heavy atom. The standard InChI is InChI=1S/C16H18N4O/c1-15(2)10-16(7-12(8-17)14(15)21)3-6-20(11-16)13-9-18-4-5-19-13/h4-5,7,9H,3,6,10-11H2,1-2H3. The summed E-state index contributed by atoms with van der Waals surface area (Å²) < 4.78 is 0. The van der Waals surface area contributed by atoms with Crippen molar-refractivity contribution in [2.45, 2.75) is 26.7 Å². The predicted molar refractivity (Wildman–Crippen MR) is 78.4 cm³/mol. The first-order chi connectivity index (χ1) is 9.96. The molecule has 1 unspecified atom stereocenters. The maximum atomic E-state index is 12.2. The van der Waals surface area contributed by atoms with Crippen LogP contribution in [-0.2, 0) is 4.79 Å². The highest BCUT2D eigenvalue weighted by Crippen LogP contribution is 2.48. The molecule has 108 valence electrons. The second-order valence-electron chi connectivity index (χ2n) is 6.66. The molecule has 0 bridgehead atoms. The monoisotopic (exact) mass is 282 g/mol. The minimum atomic E-state index is -0.474. The maximum Gasteiger partial charge on any atom is 0.178 e. The smallest absolute Gasteiger partial charge is 0.178 e. The third-order valence-corrected chi connectivity index (χ3v) is 4.48. The first-order valence-electron chi connectivity index (χ1n) is 7.15. The number of allylic oxidation sites excluding steroid dienone is 1. The molecular formula is C16H18N4O. The summed E-state index contributed by atoms with van der Waals surface area (Å²) in [6, 6.07) is 2.08. The fourth-order valence-corrected chi connectivity index (χ4v) is 3.64. The molecule has 1 saturated heterocycles. The van der Waals surface area contributed by atoms with Gasteiger partial charge in [0.05, 0.1) is 11.8 Å². The van der Waals surface area contributed by atoms with Gasteiger partial charge in [-0.25, -0.2) is 4.98 Å². The summed E-state index contributed by atoms with van der Waals surface area (Å²) in [7, 11) is 0. The van der Waals surface area contributed by atoms with Crippen molar-refractivity contribution in [1.29, 1.82) is 5.26 Å². The minimum absolute atomic E-state index is 0.0337. The molecule has 1 spiro atoms. The summed E-state index contributed by atoms with van der Waals surface area (Å²) in [6.45, 7) is 5.53. The molecule has 0 saturated carbocycles. The van der Waals surface area contributed by atoms with E-state index in [0.717, 1.165) is 31.7 Å². The number of hydrogen-bond donors (Lipinski definition) is 0. The SMILES string of the molecule is CC1(C)CC2(C=C(C#N)C1=O)CCN(c1cnccn1)C2. The van der Waals surface area contributed by atoms with Crippen molar-refractivity contribution in [2.75, 3.05) is 18.0 Å². The van der Waals surface area contributed by atoms with Crippen LogP contribution in [0, 0.1) is 22.2 Å². The first kappa shape index (κ1) is 13.7. The number of anilines is 1. The van der Waals surface area contributed by atoms with E-state index in [4.69, 9.17) is 0 Å². The van der Waals surface area contributed by atoms with Gasteiger partial charge in [0.15, 0.2) is 5.78 Å². The number of carbonyl (C=O) groups is 1.